The maximum Gasteiger partial charge on any atom is 0.307 e. The number of oxazole rings is 1. The summed E-state index contributed by atoms with van der Waals surface area (Å²) < 4.78 is 50.5. The van der Waals surface area contributed by atoms with Gasteiger partial charge in [0.15, 0.2) is 35.2 Å². The molecule has 0 spiro atoms. The number of rotatable bonds is 7. The van der Waals surface area contributed by atoms with Crippen molar-refractivity contribution in [1.82, 2.24) is 4.98 Å². The van der Waals surface area contributed by atoms with Crippen LogP contribution in [0.5, 0.6) is 0 Å². The molecule has 1 atom stereocenters. The van der Waals surface area contributed by atoms with E-state index in [2.05, 4.69) is 10.3 Å². The molecule has 2 aromatic carbocycles. The summed E-state index contributed by atoms with van der Waals surface area (Å²) in [7, 11) is 0. The average Bonchev–Trinajstić information content (AvgIpc) is 3.22. The predicted octanol–water partition coefficient (Wildman–Crippen LogP) is 4.57. The smallest absolute Gasteiger partial charge is 0.307 e. The maximum absolute atomic E-state index is 13.6. The molecular formula is C22H19F3N2O4. The van der Waals surface area contributed by atoms with E-state index in [-0.39, 0.29) is 12.8 Å². The Morgan fingerprint density at radius 3 is 2.52 bits per heavy atom. The van der Waals surface area contributed by atoms with Gasteiger partial charge in [0.25, 0.3) is 5.91 Å². The lowest BCUT2D eigenvalue weighted by molar-refractivity contribution is -0.153. The zero-order valence-electron chi connectivity index (χ0n) is 16.7. The first-order valence-corrected chi connectivity index (χ1v) is 9.40. The van der Waals surface area contributed by atoms with Crippen molar-refractivity contribution in [1.29, 1.82) is 0 Å². The van der Waals surface area contributed by atoms with Crippen LogP contribution >= 0.6 is 0 Å². The average molecular weight is 432 g/mol. The molecule has 162 valence electrons. The third-order valence-corrected chi connectivity index (χ3v) is 4.40. The number of anilines is 1. The molecule has 0 aliphatic carbocycles. The number of aromatic nitrogens is 1. The first kappa shape index (κ1) is 22.1. The summed E-state index contributed by atoms with van der Waals surface area (Å²) in [6.07, 6.45) is 0.312. The molecule has 3 aromatic rings. The molecule has 3 rings (SSSR count). The molecule has 0 saturated heterocycles. The molecule has 1 N–H and O–H groups in total. The number of nitrogens with one attached hydrogen (secondary N) is 1. The number of carbonyl (C=O) groups is 2. The van der Waals surface area contributed by atoms with Gasteiger partial charge in [-0.25, -0.2) is 18.2 Å². The van der Waals surface area contributed by atoms with Gasteiger partial charge in [0.1, 0.15) is 0 Å². The lowest BCUT2D eigenvalue weighted by atomic mass is 10.1. The molecule has 1 heterocycles. The van der Waals surface area contributed by atoms with Gasteiger partial charge in [-0.2, -0.15) is 0 Å². The first-order valence-electron chi connectivity index (χ1n) is 9.40. The third-order valence-electron chi connectivity index (χ3n) is 4.40. The van der Waals surface area contributed by atoms with Crippen LogP contribution in [0.25, 0.3) is 11.3 Å². The van der Waals surface area contributed by atoms with Crippen molar-refractivity contribution in [3.63, 3.8) is 0 Å². The Hall–Kier alpha value is -3.62. The van der Waals surface area contributed by atoms with Crippen molar-refractivity contribution < 1.29 is 31.9 Å². The van der Waals surface area contributed by atoms with E-state index >= 15 is 0 Å². The van der Waals surface area contributed by atoms with Gasteiger partial charge in [0.05, 0.1) is 18.3 Å². The predicted molar refractivity (Wildman–Crippen MR) is 105 cm³/mol. The van der Waals surface area contributed by atoms with Crippen molar-refractivity contribution >= 4 is 17.6 Å². The molecule has 0 aliphatic heterocycles. The summed E-state index contributed by atoms with van der Waals surface area (Å²) in [4.78, 5) is 28.2. The Morgan fingerprint density at radius 1 is 1.10 bits per heavy atom. The molecule has 0 fully saturated rings. The van der Waals surface area contributed by atoms with Crippen LogP contribution in [-0.4, -0.2) is 23.0 Å². The summed E-state index contributed by atoms with van der Waals surface area (Å²) in [5.41, 5.74) is 1.40. The molecule has 0 saturated carbocycles. The quantitative estimate of drug-likeness (QED) is 0.437. The Morgan fingerprint density at radius 2 is 1.81 bits per heavy atom. The van der Waals surface area contributed by atoms with E-state index in [1.165, 1.54) is 6.92 Å². The fraction of sp³-hybridized carbons (Fsp3) is 0.227. The molecule has 0 radical (unpaired) electrons. The molecule has 31 heavy (non-hydrogen) atoms. The van der Waals surface area contributed by atoms with E-state index in [1.807, 2.05) is 31.2 Å². The minimum Gasteiger partial charge on any atom is -0.453 e. The van der Waals surface area contributed by atoms with Crippen LogP contribution in [0.1, 0.15) is 24.8 Å². The van der Waals surface area contributed by atoms with E-state index in [9.17, 15) is 22.8 Å². The Labute approximate surface area is 176 Å². The molecule has 1 amide bonds. The Kier molecular flexibility index (Phi) is 6.74. The standard InChI is InChI=1S/C22H19F3N2O4/c1-12-3-5-14(6-4-12)17-11-26-18(31-17)9-10-19(28)30-13(2)22(29)27-16-8-7-15(23)20(24)21(16)25/h3-8,11,13H,9-10H2,1-2H3,(H,27,29). The summed E-state index contributed by atoms with van der Waals surface area (Å²) in [6.45, 7) is 3.24. The van der Waals surface area contributed by atoms with Crippen molar-refractivity contribution in [2.75, 3.05) is 5.32 Å². The molecule has 0 bridgehead atoms. The van der Waals surface area contributed by atoms with Crippen LogP contribution in [0.4, 0.5) is 18.9 Å². The number of nitrogens with zero attached hydrogens (tertiary/aromatic N) is 1. The van der Waals surface area contributed by atoms with Gasteiger partial charge in [-0.1, -0.05) is 29.8 Å². The summed E-state index contributed by atoms with van der Waals surface area (Å²) in [5.74, 6) is -5.34. The van der Waals surface area contributed by atoms with Crippen LogP contribution in [0, 0.1) is 24.4 Å². The molecule has 0 aliphatic rings. The summed E-state index contributed by atoms with van der Waals surface area (Å²) in [6, 6.07) is 9.20. The number of ether oxygens (including phenoxy) is 1. The van der Waals surface area contributed by atoms with Gasteiger partial charge in [-0.15, -0.1) is 0 Å². The van der Waals surface area contributed by atoms with Crippen molar-refractivity contribution in [3.8, 4) is 11.3 Å². The lowest BCUT2D eigenvalue weighted by Gasteiger charge is -2.14. The molecule has 6 nitrogen and oxygen atoms in total. The normalized spacial score (nSPS) is 11.8. The summed E-state index contributed by atoms with van der Waals surface area (Å²) >= 11 is 0. The first-order chi connectivity index (χ1) is 14.7. The number of aryl methyl sites for hydroxylation is 2. The zero-order valence-corrected chi connectivity index (χ0v) is 16.7. The van der Waals surface area contributed by atoms with Crippen LogP contribution in [0.3, 0.4) is 0 Å². The lowest BCUT2D eigenvalue weighted by Crippen LogP contribution is -2.30. The second-order valence-electron chi connectivity index (χ2n) is 6.83. The largest absolute Gasteiger partial charge is 0.453 e. The van der Waals surface area contributed by atoms with Crippen molar-refractivity contribution in [3.05, 3.63) is 71.5 Å². The highest BCUT2D eigenvalue weighted by atomic mass is 19.2. The van der Waals surface area contributed by atoms with Gasteiger partial charge in [-0.3, -0.25) is 9.59 Å². The third kappa shape index (κ3) is 5.50. The number of amides is 1. The highest BCUT2D eigenvalue weighted by Gasteiger charge is 2.21. The number of benzene rings is 2. The minimum absolute atomic E-state index is 0.106. The van der Waals surface area contributed by atoms with Crippen molar-refractivity contribution in [2.24, 2.45) is 0 Å². The number of esters is 1. The maximum atomic E-state index is 13.6. The second-order valence-corrected chi connectivity index (χ2v) is 6.83. The Balaban J connectivity index is 1.51. The second kappa shape index (κ2) is 9.46. The fourth-order valence-electron chi connectivity index (χ4n) is 2.65. The zero-order chi connectivity index (χ0) is 22.5. The Bertz CT molecular complexity index is 1100. The topological polar surface area (TPSA) is 81.4 Å². The molecular weight excluding hydrogens is 413 g/mol. The van der Waals surface area contributed by atoms with Gasteiger partial charge in [-0.05, 0) is 26.0 Å². The molecule has 9 heteroatoms. The highest BCUT2D eigenvalue weighted by molar-refractivity contribution is 5.95. The minimum atomic E-state index is -1.71. The monoisotopic (exact) mass is 432 g/mol. The van der Waals surface area contributed by atoms with E-state index in [4.69, 9.17) is 9.15 Å². The molecule has 1 unspecified atom stereocenters. The van der Waals surface area contributed by atoms with E-state index in [1.54, 1.807) is 6.20 Å². The van der Waals surface area contributed by atoms with Gasteiger partial charge in [0, 0.05) is 12.0 Å². The van der Waals surface area contributed by atoms with E-state index < -0.39 is 41.1 Å². The number of carbonyl (C=O) groups excluding carboxylic acids is 2. The van der Waals surface area contributed by atoms with Gasteiger partial charge < -0.3 is 14.5 Å². The highest BCUT2D eigenvalue weighted by Crippen LogP contribution is 2.22. The summed E-state index contributed by atoms with van der Waals surface area (Å²) in [5, 5.41) is 2.05. The van der Waals surface area contributed by atoms with E-state index in [0.29, 0.717) is 17.7 Å². The number of hydrogen-bond acceptors (Lipinski definition) is 5. The van der Waals surface area contributed by atoms with Crippen molar-refractivity contribution in [2.45, 2.75) is 32.8 Å². The van der Waals surface area contributed by atoms with Crippen LogP contribution in [0.15, 0.2) is 47.0 Å². The SMILES string of the molecule is Cc1ccc(-c2cnc(CCC(=O)OC(C)C(=O)Nc3ccc(F)c(F)c3F)o2)cc1. The van der Waals surface area contributed by atoms with Crippen LogP contribution in [0.2, 0.25) is 0 Å². The number of halogens is 3. The van der Waals surface area contributed by atoms with Gasteiger partial charge >= 0.3 is 5.97 Å². The van der Waals surface area contributed by atoms with Crippen LogP contribution in [-0.2, 0) is 20.7 Å². The van der Waals surface area contributed by atoms with Gasteiger partial charge in [0.2, 0.25) is 0 Å². The number of hydrogen-bond donors (Lipinski definition) is 1. The van der Waals surface area contributed by atoms with E-state index in [0.717, 1.165) is 17.2 Å². The molecule has 1 aromatic heterocycles. The fourth-order valence-corrected chi connectivity index (χ4v) is 2.65. The van der Waals surface area contributed by atoms with Crippen LogP contribution < -0.4 is 5.32 Å².